The van der Waals surface area contributed by atoms with Crippen LogP contribution in [0.3, 0.4) is 0 Å². The summed E-state index contributed by atoms with van der Waals surface area (Å²) in [4.78, 5) is 11.6. The largest absolute Gasteiger partial charge is 0.388 e. The SMILES string of the molecule is Cc1cnn(/N=C/N)c1C=O. The molecule has 0 aliphatic rings. The van der Waals surface area contributed by atoms with E-state index in [1.807, 2.05) is 0 Å². The number of aryl methyl sites for hydroxylation is 1. The fourth-order valence-corrected chi connectivity index (χ4v) is 0.723. The van der Waals surface area contributed by atoms with E-state index in [1.165, 1.54) is 4.79 Å². The van der Waals surface area contributed by atoms with Gasteiger partial charge in [0.2, 0.25) is 0 Å². The summed E-state index contributed by atoms with van der Waals surface area (Å²) in [6.07, 6.45) is 3.32. The Morgan fingerprint density at radius 3 is 3.09 bits per heavy atom. The summed E-state index contributed by atoms with van der Waals surface area (Å²) in [5.41, 5.74) is 6.23. The van der Waals surface area contributed by atoms with Gasteiger partial charge < -0.3 is 5.73 Å². The molecule has 0 unspecified atom stereocenters. The number of hydrogen-bond donors (Lipinski definition) is 1. The highest BCUT2D eigenvalue weighted by Gasteiger charge is 2.03. The lowest BCUT2D eigenvalue weighted by atomic mass is 10.3. The zero-order valence-corrected chi connectivity index (χ0v) is 6.06. The van der Waals surface area contributed by atoms with Crippen LogP contribution in [0.1, 0.15) is 16.1 Å². The maximum atomic E-state index is 10.4. The molecule has 0 amide bonds. The minimum Gasteiger partial charge on any atom is -0.388 e. The van der Waals surface area contributed by atoms with Gasteiger partial charge in [-0.1, -0.05) is 0 Å². The van der Waals surface area contributed by atoms with E-state index in [2.05, 4.69) is 10.2 Å². The van der Waals surface area contributed by atoms with Crippen LogP contribution < -0.4 is 5.73 Å². The molecule has 0 aromatic carbocycles. The third-order valence-corrected chi connectivity index (χ3v) is 1.27. The molecule has 58 valence electrons. The van der Waals surface area contributed by atoms with Gasteiger partial charge in [0.25, 0.3) is 0 Å². The summed E-state index contributed by atoms with van der Waals surface area (Å²) < 4.78 is 0. The zero-order chi connectivity index (χ0) is 8.27. The van der Waals surface area contributed by atoms with Crippen LogP contribution in [-0.2, 0) is 0 Å². The van der Waals surface area contributed by atoms with Crippen molar-refractivity contribution in [3.8, 4) is 0 Å². The van der Waals surface area contributed by atoms with Crippen molar-refractivity contribution in [3.63, 3.8) is 0 Å². The second-order valence-corrected chi connectivity index (χ2v) is 1.98. The molecular formula is C6H8N4O. The van der Waals surface area contributed by atoms with Crippen LogP contribution in [0.25, 0.3) is 0 Å². The average Bonchev–Trinajstić information content (AvgIpc) is 2.33. The van der Waals surface area contributed by atoms with E-state index in [0.717, 1.165) is 11.9 Å². The maximum absolute atomic E-state index is 10.4. The Kier molecular flexibility index (Phi) is 2.00. The molecule has 0 aliphatic carbocycles. The first-order valence-electron chi connectivity index (χ1n) is 3.04. The lowest BCUT2D eigenvalue weighted by molar-refractivity contribution is 0.111. The average molecular weight is 152 g/mol. The number of carbonyl (C=O) groups is 1. The molecule has 0 saturated heterocycles. The number of hydrogen-bond acceptors (Lipinski definition) is 3. The molecule has 0 aliphatic heterocycles. The second kappa shape index (κ2) is 2.96. The van der Waals surface area contributed by atoms with Crippen molar-refractivity contribution < 1.29 is 4.79 Å². The van der Waals surface area contributed by atoms with Crippen LogP contribution in [0.5, 0.6) is 0 Å². The first-order valence-corrected chi connectivity index (χ1v) is 3.04. The molecule has 5 heteroatoms. The number of aromatic nitrogens is 2. The van der Waals surface area contributed by atoms with Crippen molar-refractivity contribution in [3.05, 3.63) is 17.5 Å². The smallest absolute Gasteiger partial charge is 0.170 e. The van der Waals surface area contributed by atoms with Crippen molar-refractivity contribution in [1.82, 2.24) is 9.89 Å². The quantitative estimate of drug-likeness (QED) is 0.361. The maximum Gasteiger partial charge on any atom is 0.170 e. The Bertz CT molecular complexity index is 289. The molecule has 0 atom stereocenters. The summed E-state index contributed by atoms with van der Waals surface area (Å²) in [5.74, 6) is 0. The zero-order valence-electron chi connectivity index (χ0n) is 6.06. The summed E-state index contributed by atoms with van der Waals surface area (Å²) in [6, 6.07) is 0. The van der Waals surface area contributed by atoms with E-state index in [-0.39, 0.29) is 0 Å². The summed E-state index contributed by atoms with van der Waals surface area (Å²) in [5, 5.41) is 7.41. The Labute approximate surface area is 63.5 Å². The molecule has 0 fully saturated rings. The fourth-order valence-electron chi connectivity index (χ4n) is 0.723. The van der Waals surface area contributed by atoms with Gasteiger partial charge in [-0.05, 0) is 6.92 Å². The second-order valence-electron chi connectivity index (χ2n) is 1.98. The lowest BCUT2D eigenvalue weighted by Gasteiger charge is -1.91. The number of nitrogens with zero attached hydrogens (tertiary/aromatic N) is 3. The van der Waals surface area contributed by atoms with Crippen LogP contribution in [0.4, 0.5) is 0 Å². The van der Waals surface area contributed by atoms with E-state index in [4.69, 9.17) is 5.73 Å². The van der Waals surface area contributed by atoms with Crippen molar-refractivity contribution in [1.29, 1.82) is 0 Å². The van der Waals surface area contributed by atoms with Crippen LogP contribution in [0.2, 0.25) is 0 Å². The van der Waals surface area contributed by atoms with Gasteiger partial charge >= 0.3 is 0 Å². The van der Waals surface area contributed by atoms with E-state index in [0.29, 0.717) is 12.0 Å². The normalized spacial score (nSPS) is 10.6. The summed E-state index contributed by atoms with van der Waals surface area (Å²) in [7, 11) is 0. The predicted octanol–water partition coefficient (Wildman–Crippen LogP) is -0.246. The molecule has 0 spiro atoms. The van der Waals surface area contributed by atoms with Gasteiger partial charge in [0.05, 0.1) is 6.20 Å². The van der Waals surface area contributed by atoms with Crippen molar-refractivity contribution >= 4 is 12.6 Å². The molecular weight excluding hydrogens is 144 g/mol. The Morgan fingerprint density at radius 1 is 1.82 bits per heavy atom. The molecule has 11 heavy (non-hydrogen) atoms. The minimum atomic E-state index is 0.423. The van der Waals surface area contributed by atoms with Gasteiger partial charge in [-0.25, -0.2) is 0 Å². The standard InChI is InChI=1S/C6H8N4O/c1-5-2-8-10(9-4-7)6(5)3-11/h2-4H,1H3,(H2,7,9). The molecule has 1 aromatic heterocycles. The van der Waals surface area contributed by atoms with E-state index in [9.17, 15) is 4.79 Å². The highest BCUT2D eigenvalue weighted by molar-refractivity contribution is 5.74. The van der Waals surface area contributed by atoms with Crippen LogP contribution in [-0.4, -0.2) is 22.5 Å². The van der Waals surface area contributed by atoms with E-state index >= 15 is 0 Å². The van der Waals surface area contributed by atoms with Gasteiger partial charge in [0.15, 0.2) is 6.29 Å². The van der Waals surface area contributed by atoms with Gasteiger partial charge in [-0.2, -0.15) is 5.10 Å². The number of carbonyl (C=O) groups excluding carboxylic acids is 1. The van der Waals surface area contributed by atoms with E-state index < -0.39 is 0 Å². The summed E-state index contributed by atoms with van der Waals surface area (Å²) >= 11 is 0. The highest BCUT2D eigenvalue weighted by atomic mass is 16.1. The number of rotatable bonds is 2. The monoisotopic (exact) mass is 152 g/mol. The van der Waals surface area contributed by atoms with Crippen LogP contribution in [0, 0.1) is 6.92 Å². The Balaban J connectivity index is 3.15. The number of aldehydes is 1. The van der Waals surface area contributed by atoms with E-state index in [1.54, 1.807) is 13.1 Å². The predicted molar refractivity (Wildman–Crippen MR) is 40.4 cm³/mol. The lowest BCUT2D eigenvalue weighted by Crippen LogP contribution is -2.01. The first kappa shape index (κ1) is 7.46. The first-order chi connectivity index (χ1) is 5.29. The third kappa shape index (κ3) is 1.26. The van der Waals surface area contributed by atoms with Gasteiger partial charge in [0.1, 0.15) is 12.0 Å². The van der Waals surface area contributed by atoms with Crippen LogP contribution in [0.15, 0.2) is 11.3 Å². The molecule has 2 N–H and O–H groups in total. The van der Waals surface area contributed by atoms with Crippen molar-refractivity contribution in [2.75, 3.05) is 0 Å². The van der Waals surface area contributed by atoms with Crippen molar-refractivity contribution in [2.45, 2.75) is 6.92 Å². The molecule has 5 nitrogen and oxygen atoms in total. The molecule has 0 saturated carbocycles. The Morgan fingerprint density at radius 2 is 2.55 bits per heavy atom. The topological polar surface area (TPSA) is 73.3 Å². The van der Waals surface area contributed by atoms with Gasteiger partial charge in [-0.3, -0.25) is 4.79 Å². The highest BCUT2D eigenvalue weighted by Crippen LogP contribution is 2.02. The summed E-state index contributed by atoms with van der Waals surface area (Å²) in [6.45, 7) is 1.78. The van der Waals surface area contributed by atoms with Gasteiger partial charge in [0, 0.05) is 5.56 Å². The van der Waals surface area contributed by atoms with Gasteiger partial charge in [-0.15, -0.1) is 9.89 Å². The molecule has 0 bridgehead atoms. The third-order valence-electron chi connectivity index (χ3n) is 1.27. The Hall–Kier alpha value is -1.65. The minimum absolute atomic E-state index is 0.423. The fraction of sp³-hybridized carbons (Fsp3) is 0.167. The van der Waals surface area contributed by atoms with Crippen molar-refractivity contribution in [2.24, 2.45) is 10.8 Å². The van der Waals surface area contributed by atoms with Crippen LogP contribution >= 0.6 is 0 Å². The molecule has 0 radical (unpaired) electrons. The molecule has 1 rings (SSSR count). The molecule has 1 aromatic rings. The molecule has 1 heterocycles. The number of nitrogens with two attached hydrogens (primary N) is 1.